The normalized spacial score (nSPS) is 10.3. The monoisotopic (exact) mass is 410 g/mol. The molecule has 0 saturated heterocycles. The molecule has 2 amide bonds. The minimum atomic E-state index is -0.621. The number of nitrogens with zero attached hydrogens (tertiary/aromatic N) is 2. The van der Waals surface area contributed by atoms with Crippen LogP contribution in [-0.4, -0.2) is 34.4 Å². The predicted molar refractivity (Wildman–Crippen MR) is 110 cm³/mol. The number of esters is 1. The van der Waals surface area contributed by atoms with E-state index in [0.29, 0.717) is 32.6 Å². The number of aromatic nitrogens is 2. The van der Waals surface area contributed by atoms with Gasteiger partial charge < -0.3 is 15.4 Å². The molecule has 3 rings (SSSR count). The summed E-state index contributed by atoms with van der Waals surface area (Å²) in [6.45, 7) is 2.65. The van der Waals surface area contributed by atoms with Crippen molar-refractivity contribution in [3.63, 3.8) is 0 Å². The van der Waals surface area contributed by atoms with Crippen molar-refractivity contribution in [3.05, 3.63) is 59.2 Å². The Hall–Kier alpha value is -3.59. The smallest absolute Gasteiger partial charge is 0.350 e. The maximum atomic E-state index is 12.3. The first-order chi connectivity index (χ1) is 13.9. The molecule has 0 radical (unpaired) electrons. The zero-order valence-corrected chi connectivity index (χ0v) is 16.6. The Morgan fingerprint density at radius 1 is 1.07 bits per heavy atom. The number of amides is 2. The number of hydrogen-bond donors (Lipinski definition) is 2. The summed E-state index contributed by atoms with van der Waals surface area (Å²) in [6, 6.07) is 12.1. The molecule has 0 aliphatic carbocycles. The number of ether oxygens (including phenoxy) is 1. The van der Waals surface area contributed by atoms with Crippen LogP contribution in [-0.2, 0) is 14.3 Å². The zero-order valence-electron chi connectivity index (χ0n) is 15.8. The van der Waals surface area contributed by atoms with E-state index in [-0.39, 0.29) is 5.91 Å². The topological polar surface area (TPSA) is 110 Å². The average Bonchev–Trinajstić information content (AvgIpc) is 3.08. The van der Waals surface area contributed by atoms with Gasteiger partial charge in [0.2, 0.25) is 5.91 Å². The number of aryl methyl sites for hydroxylation is 1. The number of hydrogen-bond acceptors (Lipinski definition) is 7. The first-order valence-corrected chi connectivity index (χ1v) is 9.47. The van der Waals surface area contributed by atoms with E-state index in [1.165, 1.54) is 6.92 Å². The highest BCUT2D eigenvalue weighted by atomic mass is 32.1. The van der Waals surface area contributed by atoms with Crippen molar-refractivity contribution in [2.75, 3.05) is 17.2 Å². The van der Waals surface area contributed by atoms with Crippen LogP contribution in [0.25, 0.3) is 10.7 Å². The Morgan fingerprint density at radius 3 is 2.52 bits per heavy atom. The number of nitrogens with one attached hydrogen (secondary N) is 2. The van der Waals surface area contributed by atoms with Gasteiger partial charge in [-0.05, 0) is 37.3 Å². The number of carbonyl (C=O) groups excluding carboxylic acids is 3. The van der Waals surface area contributed by atoms with E-state index >= 15 is 0 Å². The molecular formula is C20H18N4O4S. The first kappa shape index (κ1) is 20.2. The van der Waals surface area contributed by atoms with E-state index in [1.807, 2.05) is 6.07 Å². The molecule has 2 heterocycles. The molecule has 0 aliphatic rings. The van der Waals surface area contributed by atoms with Gasteiger partial charge in [0.25, 0.3) is 5.91 Å². The summed E-state index contributed by atoms with van der Waals surface area (Å²) in [5.74, 6) is -1.33. The minimum Gasteiger partial charge on any atom is -0.451 e. The number of anilines is 2. The Kier molecular flexibility index (Phi) is 6.30. The summed E-state index contributed by atoms with van der Waals surface area (Å²) in [5, 5.41) is 5.85. The maximum absolute atomic E-state index is 12.3. The van der Waals surface area contributed by atoms with Crippen molar-refractivity contribution >= 4 is 40.5 Å². The highest BCUT2D eigenvalue weighted by molar-refractivity contribution is 7.17. The molecule has 1 aromatic carbocycles. The summed E-state index contributed by atoms with van der Waals surface area (Å²) in [7, 11) is 0. The van der Waals surface area contributed by atoms with Gasteiger partial charge in [-0.15, -0.1) is 11.3 Å². The second-order valence-electron chi connectivity index (χ2n) is 6.03. The lowest BCUT2D eigenvalue weighted by molar-refractivity contribution is -0.119. The van der Waals surface area contributed by atoms with Crippen LogP contribution < -0.4 is 10.6 Å². The predicted octanol–water partition coefficient (Wildman–Crippen LogP) is 3.27. The van der Waals surface area contributed by atoms with Gasteiger partial charge in [-0.1, -0.05) is 12.1 Å². The Morgan fingerprint density at radius 2 is 1.83 bits per heavy atom. The van der Waals surface area contributed by atoms with Crippen LogP contribution in [0.4, 0.5) is 11.4 Å². The van der Waals surface area contributed by atoms with E-state index < -0.39 is 18.5 Å². The van der Waals surface area contributed by atoms with Gasteiger partial charge >= 0.3 is 5.97 Å². The molecule has 29 heavy (non-hydrogen) atoms. The lowest BCUT2D eigenvalue weighted by atomic mass is 10.2. The van der Waals surface area contributed by atoms with E-state index in [1.54, 1.807) is 49.5 Å². The fourth-order valence-corrected chi connectivity index (χ4v) is 3.39. The lowest BCUT2D eigenvalue weighted by Crippen LogP contribution is -2.21. The van der Waals surface area contributed by atoms with Gasteiger partial charge in [-0.2, -0.15) is 0 Å². The fourth-order valence-electron chi connectivity index (χ4n) is 2.46. The zero-order chi connectivity index (χ0) is 20.8. The third-order valence-electron chi connectivity index (χ3n) is 3.67. The van der Waals surface area contributed by atoms with Gasteiger partial charge in [0, 0.05) is 24.5 Å². The molecule has 0 spiro atoms. The van der Waals surface area contributed by atoms with Gasteiger partial charge in [0.1, 0.15) is 9.88 Å². The number of benzene rings is 1. The molecular weight excluding hydrogens is 392 g/mol. The van der Waals surface area contributed by atoms with Crippen LogP contribution in [0, 0.1) is 6.92 Å². The van der Waals surface area contributed by atoms with Gasteiger partial charge in [0.05, 0.1) is 11.4 Å². The van der Waals surface area contributed by atoms with Crippen molar-refractivity contribution in [1.29, 1.82) is 0 Å². The molecule has 0 fully saturated rings. The molecule has 0 atom stereocenters. The van der Waals surface area contributed by atoms with Crippen LogP contribution in [0.2, 0.25) is 0 Å². The highest BCUT2D eigenvalue weighted by Gasteiger charge is 2.19. The molecule has 2 N–H and O–H groups in total. The summed E-state index contributed by atoms with van der Waals surface area (Å²) in [4.78, 5) is 44.4. The second-order valence-corrected chi connectivity index (χ2v) is 7.03. The molecule has 0 aliphatic heterocycles. The molecule has 8 nitrogen and oxygen atoms in total. The molecule has 2 aromatic heterocycles. The first-order valence-electron chi connectivity index (χ1n) is 8.66. The van der Waals surface area contributed by atoms with Crippen molar-refractivity contribution in [1.82, 2.24) is 9.97 Å². The number of thiazole rings is 1. The van der Waals surface area contributed by atoms with E-state index in [2.05, 4.69) is 20.6 Å². The maximum Gasteiger partial charge on any atom is 0.350 e. The highest BCUT2D eigenvalue weighted by Crippen LogP contribution is 2.26. The number of pyridine rings is 1. The van der Waals surface area contributed by atoms with Crippen LogP contribution in [0.3, 0.4) is 0 Å². The average molecular weight is 410 g/mol. The van der Waals surface area contributed by atoms with Crippen molar-refractivity contribution < 1.29 is 19.1 Å². The summed E-state index contributed by atoms with van der Waals surface area (Å²) < 4.78 is 5.12. The van der Waals surface area contributed by atoms with E-state index in [4.69, 9.17) is 4.74 Å². The largest absolute Gasteiger partial charge is 0.451 e. The summed E-state index contributed by atoms with van der Waals surface area (Å²) in [6.07, 6.45) is 1.65. The van der Waals surface area contributed by atoms with E-state index in [9.17, 15) is 14.4 Å². The van der Waals surface area contributed by atoms with Crippen LogP contribution >= 0.6 is 11.3 Å². The van der Waals surface area contributed by atoms with Crippen LogP contribution in [0.5, 0.6) is 0 Å². The van der Waals surface area contributed by atoms with Crippen molar-refractivity contribution in [2.45, 2.75) is 13.8 Å². The summed E-state index contributed by atoms with van der Waals surface area (Å²) in [5.41, 5.74) is 2.21. The van der Waals surface area contributed by atoms with Gasteiger partial charge in [0.15, 0.2) is 6.61 Å². The third-order valence-corrected chi connectivity index (χ3v) is 4.83. The molecule has 9 heteroatoms. The molecule has 3 aromatic rings. The van der Waals surface area contributed by atoms with Crippen LogP contribution in [0.15, 0.2) is 48.7 Å². The van der Waals surface area contributed by atoms with Crippen LogP contribution in [0.1, 0.15) is 22.3 Å². The van der Waals surface area contributed by atoms with Gasteiger partial charge in [-0.3, -0.25) is 14.6 Å². The van der Waals surface area contributed by atoms with E-state index in [0.717, 1.165) is 11.3 Å². The third kappa shape index (κ3) is 5.45. The molecule has 0 bridgehead atoms. The van der Waals surface area contributed by atoms with Gasteiger partial charge in [-0.25, -0.2) is 9.78 Å². The fraction of sp³-hybridized carbons (Fsp3) is 0.150. The SMILES string of the molecule is CC(=O)Nc1cccc(NC(=O)COC(=O)c2sc(-c3ccccn3)nc2C)c1. The van der Waals surface area contributed by atoms with Crippen molar-refractivity contribution in [3.8, 4) is 10.7 Å². The molecule has 0 unspecified atom stereocenters. The quantitative estimate of drug-likeness (QED) is 0.604. The standard InChI is InChI=1S/C20H18N4O4S/c1-12-18(29-19(22-12)16-8-3-4-9-21-16)20(27)28-11-17(26)24-15-7-5-6-14(10-15)23-13(2)25/h3-10H,11H2,1-2H3,(H,23,25)(H,24,26). The Balaban J connectivity index is 1.59. The minimum absolute atomic E-state index is 0.215. The Labute approximate surface area is 171 Å². The van der Waals surface area contributed by atoms with Crippen molar-refractivity contribution in [2.24, 2.45) is 0 Å². The molecule has 0 saturated carbocycles. The molecule has 148 valence electrons. The Bertz CT molecular complexity index is 1050. The number of carbonyl (C=O) groups is 3. The second kappa shape index (κ2) is 9.07. The number of rotatable bonds is 6. The summed E-state index contributed by atoms with van der Waals surface area (Å²) >= 11 is 1.16. The lowest BCUT2D eigenvalue weighted by Gasteiger charge is -2.08.